The minimum atomic E-state index is -0.553. The van der Waals surface area contributed by atoms with Gasteiger partial charge in [-0.25, -0.2) is 0 Å². The second-order valence-electron chi connectivity index (χ2n) is 5.48. The van der Waals surface area contributed by atoms with E-state index in [9.17, 15) is 9.90 Å². The van der Waals surface area contributed by atoms with Crippen molar-refractivity contribution in [1.82, 2.24) is 0 Å². The van der Waals surface area contributed by atoms with Crippen LogP contribution in [0.25, 0.3) is 0 Å². The van der Waals surface area contributed by atoms with E-state index in [1.54, 1.807) is 12.1 Å². The first-order valence-corrected chi connectivity index (χ1v) is 6.89. The number of hydrogen-bond acceptors (Lipinski definition) is 3. The van der Waals surface area contributed by atoms with Gasteiger partial charge >= 0.3 is 0 Å². The van der Waals surface area contributed by atoms with Crippen LogP contribution in [0.15, 0.2) is 36.4 Å². The molecule has 2 aromatic rings. The van der Waals surface area contributed by atoms with E-state index in [2.05, 4.69) is 23.5 Å². The fourth-order valence-electron chi connectivity index (χ4n) is 2.67. The van der Waals surface area contributed by atoms with Crippen LogP contribution in [0.3, 0.4) is 0 Å². The first-order chi connectivity index (χ1) is 10.0. The highest BCUT2D eigenvalue weighted by Gasteiger charge is 2.28. The summed E-state index contributed by atoms with van der Waals surface area (Å²) in [6.07, 6.45) is -0.0301. The molecule has 0 fully saturated rings. The van der Waals surface area contributed by atoms with Crippen LogP contribution in [0.5, 0.6) is 11.5 Å². The Morgan fingerprint density at radius 2 is 1.86 bits per heavy atom. The monoisotopic (exact) mass is 283 g/mol. The van der Waals surface area contributed by atoms with E-state index in [0.29, 0.717) is 17.9 Å². The molecule has 1 aliphatic rings. The molecule has 1 unspecified atom stereocenters. The van der Waals surface area contributed by atoms with Gasteiger partial charge in [0.15, 0.2) is 6.10 Å². The average Bonchev–Trinajstić information content (AvgIpc) is 2.38. The van der Waals surface area contributed by atoms with Gasteiger partial charge < -0.3 is 15.2 Å². The van der Waals surface area contributed by atoms with Crippen molar-refractivity contribution in [2.75, 3.05) is 5.32 Å². The maximum absolute atomic E-state index is 12.1. The van der Waals surface area contributed by atoms with Gasteiger partial charge in [0.25, 0.3) is 5.91 Å². The van der Waals surface area contributed by atoms with Crippen LogP contribution in [0.4, 0.5) is 5.69 Å². The molecule has 2 N–H and O–H groups in total. The first-order valence-electron chi connectivity index (χ1n) is 6.89. The number of rotatable bonds is 2. The fourth-order valence-corrected chi connectivity index (χ4v) is 2.67. The van der Waals surface area contributed by atoms with Crippen molar-refractivity contribution in [2.45, 2.75) is 26.4 Å². The minimum absolute atomic E-state index is 0.102. The quantitative estimate of drug-likeness (QED) is 0.891. The largest absolute Gasteiger partial charge is 0.508 e. The first kappa shape index (κ1) is 13.5. The summed E-state index contributed by atoms with van der Waals surface area (Å²) in [5.74, 6) is 0.499. The van der Waals surface area contributed by atoms with Crippen LogP contribution in [0.1, 0.15) is 16.7 Å². The Morgan fingerprint density at radius 3 is 2.57 bits per heavy atom. The molecule has 0 saturated carbocycles. The van der Waals surface area contributed by atoms with Crippen molar-refractivity contribution in [2.24, 2.45) is 0 Å². The lowest BCUT2D eigenvalue weighted by molar-refractivity contribution is -0.123. The Labute approximate surface area is 123 Å². The number of aryl methyl sites for hydroxylation is 2. The number of phenols is 1. The number of aromatic hydroxyl groups is 1. The molecular weight excluding hydrogens is 266 g/mol. The predicted octanol–water partition coefficient (Wildman–Crippen LogP) is 2.95. The van der Waals surface area contributed by atoms with Gasteiger partial charge in [-0.3, -0.25) is 4.79 Å². The van der Waals surface area contributed by atoms with E-state index >= 15 is 0 Å². The van der Waals surface area contributed by atoms with Gasteiger partial charge in [-0.2, -0.15) is 0 Å². The molecule has 0 saturated heterocycles. The molecule has 1 amide bonds. The molecule has 2 aromatic carbocycles. The van der Waals surface area contributed by atoms with Crippen LogP contribution in [-0.4, -0.2) is 17.1 Å². The predicted molar refractivity (Wildman–Crippen MR) is 80.8 cm³/mol. The van der Waals surface area contributed by atoms with Crippen LogP contribution in [-0.2, 0) is 11.2 Å². The van der Waals surface area contributed by atoms with Gasteiger partial charge in [-0.15, -0.1) is 0 Å². The number of benzene rings is 2. The molecular formula is C17H17NO3. The Bertz CT molecular complexity index is 689. The van der Waals surface area contributed by atoms with Gasteiger partial charge in [0.05, 0.1) is 5.69 Å². The molecule has 1 aliphatic heterocycles. The van der Waals surface area contributed by atoms with Crippen LogP contribution < -0.4 is 10.1 Å². The number of ether oxygens (including phenoxy) is 1. The van der Waals surface area contributed by atoms with E-state index < -0.39 is 6.10 Å². The van der Waals surface area contributed by atoms with Gasteiger partial charge in [0.1, 0.15) is 11.5 Å². The van der Waals surface area contributed by atoms with E-state index in [1.807, 2.05) is 13.8 Å². The molecule has 108 valence electrons. The summed E-state index contributed by atoms with van der Waals surface area (Å²) in [5.41, 5.74) is 3.93. The number of hydrogen-bond donors (Lipinski definition) is 2. The molecule has 1 heterocycles. The number of carbonyl (C=O) groups excluding carboxylic acids is 1. The molecule has 3 rings (SSSR count). The van der Waals surface area contributed by atoms with Crippen LogP contribution in [0, 0.1) is 13.8 Å². The second kappa shape index (κ2) is 5.13. The second-order valence-corrected chi connectivity index (χ2v) is 5.48. The average molecular weight is 283 g/mol. The molecule has 0 bridgehead atoms. The summed E-state index contributed by atoms with van der Waals surface area (Å²) in [6, 6.07) is 10.9. The van der Waals surface area contributed by atoms with Gasteiger partial charge in [0, 0.05) is 12.5 Å². The molecule has 0 spiro atoms. The zero-order valence-corrected chi connectivity index (χ0v) is 12.0. The fraction of sp³-hybridized carbons (Fsp3) is 0.235. The summed E-state index contributed by atoms with van der Waals surface area (Å²) < 4.78 is 5.76. The smallest absolute Gasteiger partial charge is 0.265 e. The molecule has 0 aliphatic carbocycles. The lowest BCUT2D eigenvalue weighted by Crippen LogP contribution is -2.38. The van der Waals surface area contributed by atoms with E-state index in [0.717, 1.165) is 5.56 Å². The van der Waals surface area contributed by atoms with Crippen LogP contribution in [0.2, 0.25) is 0 Å². The summed E-state index contributed by atoms with van der Waals surface area (Å²) in [7, 11) is 0. The van der Waals surface area contributed by atoms with Crippen molar-refractivity contribution in [1.29, 1.82) is 0 Å². The zero-order valence-electron chi connectivity index (χ0n) is 12.0. The van der Waals surface area contributed by atoms with Crippen molar-refractivity contribution in [3.05, 3.63) is 53.1 Å². The van der Waals surface area contributed by atoms with Crippen molar-refractivity contribution < 1.29 is 14.6 Å². The van der Waals surface area contributed by atoms with E-state index in [1.165, 1.54) is 17.2 Å². The van der Waals surface area contributed by atoms with Gasteiger partial charge in [0.2, 0.25) is 0 Å². The molecule has 4 nitrogen and oxygen atoms in total. The third-order valence-corrected chi connectivity index (χ3v) is 3.49. The molecule has 21 heavy (non-hydrogen) atoms. The third kappa shape index (κ3) is 2.84. The topological polar surface area (TPSA) is 58.6 Å². The Hall–Kier alpha value is -2.49. The number of amides is 1. The standard InChI is InChI=1S/C17H17NO3/c1-10-5-11(2)7-12(6-10)8-16-17(20)18-14-9-13(19)3-4-15(14)21-16/h3-7,9,16,19H,8H2,1-2H3,(H,18,20). The van der Waals surface area contributed by atoms with Crippen molar-refractivity contribution in [3.63, 3.8) is 0 Å². The zero-order chi connectivity index (χ0) is 15.0. The lowest BCUT2D eigenvalue weighted by Gasteiger charge is -2.26. The lowest BCUT2D eigenvalue weighted by atomic mass is 10.0. The van der Waals surface area contributed by atoms with E-state index in [4.69, 9.17) is 4.74 Å². The maximum atomic E-state index is 12.1. The molecule has 0 radical (unpaired) electrons. The highest BCUT2D eigenvalue weighted by atomic mass is 16.5. The third-order valence-electron chi connectivity index (χ3n) is 3.49. The molecule has 0 aromatic heterocycles. The SMILES string of the molecule is Cc1cc(C)cc(CC2Oc3ccc(O)cc3NC2=O)c1. The van der Waals surface area contributed by atoms with Crippen molar-refractivity contribution in [3.8, 4) is 11.5 Å². The summed E-state index contributed by atoms with van der Waals surface area (Å²) in [4.78, 5) is 12.1. The number of anilines is 1. The summed E-state index contributed by atoms with van der Waals surface area (Å²) in [5, 5.41) is 12.2. The minimum Gasteiger partial charge on any atom is -0.508 e. The van der Waals surface area contributed by atoms with E-state index in [-0.39, 0.29) is 11.7 Å². The normalized spacial score (nSPS) is 16.9. The Balaban J connectivity index is 1.83. The van der Waals surface area contributed by atoms with Gasteiger partial charge in [-0.1, -0.05) is 29.3 Å². The number of phenolic OH excluding ortho intramolecular Hbond substituents is 1. The number of carbonyl (C=O) groups is 1. The Kier molecular flexibility index (Phi) is 3.29. The highest BCUT2D eigenvalue weighted by Crippen LogP contribution is 2.33. The van der Waals surface area contributed by atoms with Crippen LogP contribution >= 0.6 is 0 Å². The number of fused-ring (bicyclic) bond motifs is 1. The number of nitrogens with one attached hydrogen (secondary N) is 1. The molecule has 1 atom stereocenters. The summed E-state index contributed by atoms with van der Waals surface area (Å²) in [6.45, 7) is 4.08. The Morgan fingerprint density at radius 1 is 1.14 bits per heavy atom. The van der Waals surface area contributed by atoms with Gasteiger partial charge in [-0.05, 0) is 31.5 Å². The van der Waals surface area contributed by atoms with Crippen molar-refractivity contribution >= 4 is 11.6 Å². The maximum Gasteiger partial charge on any atom is 0.265 e. The highest BCUT2D eigenvalue weighted by molar-refractivity contribution is 5.98. The molecule has 4 heteroatoms. The summed E-state index contributed by atoms with van der Waals surface area (Å²) >= 11 is 0.